The highest BCUT2D eigenvalue weighted by atomic mass is 16.3. The van der Waals surface area contributed by atoms with Crippen molar-refractivity contribution in [2.75, 3.05) is 0 Å². The molecule has 2 rings (SSSR count). The van der Waals surface area contributed by atoms with Gasteiger partial charge in [-0.05, 0) is 43.1 Å². The molecule has 2 fully saturated rings. The first-order valence-corrected chi connectivity index (χ1v) is 4.03. The summed E-state index contributed by atoms with van der Waals surface area (Å²) >= 11 is 0. The van der Waals surface area contributed by atoms with E-state index in [0.717, 1.165) is 12.8 Å². The van der Waals surface area contributed by atoms with E-state index in [0.29, 0.717) is 12.3 Å². The quantitative estimate of drug-likeness (QED) is 0.348. The molecule has 2 saturated carbocycles. The second kappa shape index (κ2) is 2.13. The molecule has 11 heavy (non-hydrogen) atoms. The smallest absolute Gasteiger partial charge is 0.146 e. The molecule has 0 aromatic rings. The Morgan fingerprint density at radius 3 is 2.82 bits per heavy atom. The van der Waals surface area contributed by atoms with Crippen molar-refractivity contribution in [1.82, 2.24) is 0 Å². The van der Waals surface area contributed by atoms with Gasteiger partial charge in [0, 0.05) is 4.91 Å². The molecule has 2 bridgehead atoms. The Balaban J connectivity index is 2.22. The van der Waals surface area contributed by atoms with Crippen LogP contribution < -0.4 is 0 Å². The number of aliphatic hydroxyl groups is 1. The molecule has 3 atom stereocenters. The molecule has 3 unspecified atom stereocenters. The molecule has 60 valence electrons. The zero-order valence-electron chi connectivity index (χ0n) is 6.27. The summed E-state index contributed by atoms with van der Waals surface area (Å²) < 4.78 is 0. The molecule has 1 N–H and O–H groups in total. The van der Waals surface area contributed by atoms with E-state index in [1.165, 1.54) is 6.42 Å². The minimum absolute atomic E-state index is 0.239. The van der Waals surface area contributed by atoms with E-state index < -0.39 is 5.72 Å². The summed E-state index contributed by atoms with van der Waals surface area (Å²) in [6.45, 7) is 0. The van der Waals surface area contributed by atoms with Crippen LogP contribution >= 0.6 is 0 Å². The third-order valence-electron chi connectivity index (χ3n) is 3.00. The predicted molar refractivity (Wildman–Crippen MR) is 39.5 cm³/mol. The molecule has 0 radical (unpaired) electrons. The van der Waals surface area contributed by atoms with Crippen LogP contribution in [-0.4, -0.2) is 10.8 Å². The van der Waals surface area contributed by atoms with Crippen LogP contribution in [0, 0.1) is 11.8 Å². The SMILES string of the molecule is [N-]=[N+]=NC1(O)CC2CCC1C2. The molecule has 0 spiro atoms. The number of rotatable bonds is 1. The van der Waals surface area contributed by atoms with Gasteiger partial charge in [-0.15, -0.1) is 0 Å². The third-order valence-corrected chi connectivity index (χ3v) is 3.00. The zero-order valence-corrected chi connectivity index (χ0v) is 6.27. The van der Waals surface area contributed by atoms with Crippen molar-refractivity contribution in [3.05, 3.63) is 10.4 Å². The first-order valence-electron chi connectivity index (χ1n) is 4.03. The van der Waals surface area contributed by atoms with Crippen molar-refractivity contribution >= 4 is 0 Å². The minimum atomic E-state index is -1.03. The third kappa shape index (κ3) is 0.905. The van der Waals surface area contributed by atoms with Crippen LogP contribution in [-0.2, 0) is 0 Å². The summed E-state index contributed by atoms with van der Waals surface area (Å²) in [5.41, 5.74) is 7.19. The van der Waals surface area contributed by atoms with E-state index in [4.69, 9.17) is 5.53 Å². The summed E-state index contributed by atoms with van der Waals surface area (Å²) in [5, 5.41) is 13.2. The Morgan fingerprint density at radius 1 is 1.55 bits per heavy atom. The maximum atomic E-state index is 9.76. The fraction of sp³-hybridized carbons (Fsp3) is 1.00. The van der Waals surface area contributed by atoms with Gasteiger partial charge in [0.2, 0.25) is 0 Å². The predicted octanol–water partition coefficient (Wildman–Crippen LogP) is 1.81. The molecule has 0 heterocycles. The average molecular weight is 153 g/mol. The van der Waals surface area contributed by atoms with Crippen molar-refractivity contribution in [2.24, 2.45) is 17.0 Å². The maximum absolute atomic E-state index is 9.76. The fourth-order valence-electron chi connectivity index (χ4n) is 2.47. The molecule has 0 aromatic heterocycles. The molecule has 2 aliphatic rings. The molecule has 0 saturated heterocycles. The van der Waals surface area contributed by atoms with E-state index in [1.54, 1.807) is 0 Å². The van der Waals surface area contributed by atoms with Gasteiger partial charge >= 0.3 is 0 Å². The largest absolute Gasteiger partial charge is 0.384 e. The van der Waals surface area contributed by atoms with Crippen LogP contribution in [0.1, 0.15) is 25.7 Å². The Morgan fingerprint density at radius 2 is 2.36 bits per heavy atom. The lowest BCUT2D eigenvalue weighted by molar-refractivity contribution is -0.00626. The first-order chi connectivity index (χ1) is 5.24. The minimum Gasteiger partial charge on any atom is -0.384 e. The van der Waals surface area contributed by atoms with Crippen LogP contribution in [0.25, 0.3) is 10.4 Å². The number of azide groups is 1. The van der Waals surface area contributed by atoms with Gasteiger partial charge in [-0.2, -0.15) is 0 Å². The highest BCUT2D eigenvalue weighted by molar-refractivity contribution is 4.99. The standard InChI is InChI=1S/C7H11N3O/c8-10-9-7(11)4-5-1-2-6(7)3-5/h5-6,11H,1-4H2. The van der Waals surface area contributed by atoms with Crippen molar-refractivity contribution in [3.63, 3.8) is 0 Å². The van der Waals surface area contributed by atoms with Gasteiger partial charge in [-0.25, -0.2) is 0 Å². The van der Waals surface area contributed by atoms with E-state index in [2.05, 4.69) is 10.0 Å². The summed E-state index contributed by atoms with van der Waals surface area (Å²) in [4.78, 5) is 2.68. The lowest BCUT2D eigenvalue weighted by Gasteiger charge is -2.26. The molecule has 2 aliphatic carbocycles. The van der Waals surface area contributed by atoms with E-state index in [1.807, 2.05) is 0 Å². The number of nitrogens with zero attached hydrogens (tertiary/aromatic N) is 3. The van der Waals surface area contributed by atoms with Crippen LogP contribution in [0.5, 0.6) is 0 Å². The van der Waals surface area contributed by atoms with Gasteiger partial charge in [-0.1, -0.05) is 5.11 Å². The molecular formula is C7H11N3O. The topological polar surface area (TPSA) is 69.0 Å². The number of hydrogen-bond acceptors (Lipinski definition) is 2. The summed E-state index contributed by atoms with van der Waals surface area (Å²) in [6.07, 6.45) is 3.96. The lowest BCUT2D eigenvalue weighted by Crippen LogP contribution is -2.31. The molecule has 0 aliphatic heterocycles. The Labute approximate surface area is 64.8 Å². The van der Waals surface area contributed by atoms with Gasteiger partial charge in [0.1, 0.15) is 5.72 Å². The van der Waals surface area contributed by atoms with E-state index >= 15 is 0 Å². The summed E-state index contributed by atoms with van der Waals surface area (Å²) in [6, 6.07) is 0. The zero-order chi connectivity index (χ0) is 7.90. The van der Waals surface area contributed by atoms with Crippen LogP contribution in [0.15, 0.2) is 5.11 Å². The Hall–Kier alpha value is -0.730. The van der Waals surface area contributed by atoms with E-state index in [-0.39, 0.29) is 5.92 Å². The van der Waals surface area contributed by atoms with Crippen LogP contribution in [0.2, 0.25) is 0 Å². The molecular weight excluding hydrogens is 142 g/mol. The van der Waals surface area contributed by atoms with Crippen molar-refractivity contribution < 1.29 is 5.11 Å². The monoisotopic (exact) mass is 153 g/mol. The highest BCUT2D eigenvalue weighted by Gasteiger charge is 2.49. The van der Waals surface area contributed by atoms with Crippen LogP contribution in [0.4, 0.5) is 0 Å². The van der Waals surface area contributed by atoms with Crippen molar-refractivity contribution in [1.29, 1.82) is 0 Å². The van der Waals surface area contributed by atoms with Crippen LogP contribution in [0.3, 0.4) is 0 Å². The number of fused-ring (bicyclic) bond motifs is 2. The van der Waals surface area contributed by atoms with Gasteiger partial charge in [0.15, 0.2) is 0 Å². The first kappa shape index (κ1) is 6.95. The molecule has 0 aromatic carbocycles. The average Bonchev–Trinajstić information content (AvgIpc) is 2.45. The fourth-order valence-corrected chi connectivity index (χ4v) is 2.47. The van der Waals surface area contributed by atoms with Gasteiger partial charge in [-0.3, -0.25) is 0 Å². The van der Waals surface area contributed by atoms with Gasteiger partial charge in [0.05, 0.1) is 0 Å². The lowest BCUT2D eigenvalue weighted by atomic mass is 9.92. The van der Waals surface area contributed by atoms with Crippen molar-refractivity contribution in [2.45, 2.75) is 31.4 Å². The van der Waals surface area contributed by atoms with Gasteiger partial charge in [0.25, 0.3) is 0 Å². The highest BCUT2D eigenvalue weighted by Crippen LogP contribution is 2.51. The molecule has 4 nitrogen and oxygen atoms in total. The molecule has 0 amide bonds. The maximum Gasteiger partial charge on any atom is 0.146 e. The number of hydrogen-bond donors (Lipinski definition) is 1. The second-order valence-electron chi connectivity index (χ2n) is 3.65. The Kier molecular flexibility index (Phi) is 1.34. The van der Waals surface area contributed by atoms with Crippen molar-refractivity contribution in [3.8, 4) is 0 Å². The summed E-state index contributed by atoms with van der Waals surface area (Å²) in [5.74, 6) is 0.846. The van der Waals surface area contributed by atoms with E-state index in [9.17, 15) is 5.11 Å². The molecule has 4 heteroatoms. The summed E-state index contributed by atoms with van der Waals surface area (Å²) in [7, 11) is 0. The second-order valence-corrected chi connectivity index (χ2v) is 3.65. The van der Waals surface area contributed by atoms with Gasteiger partial charge < -0.3 is 5.11 Å². The Bertz CT molecular complexity index is 224. The normalized spacial score (nSPS) is 47.4.